The molecule has 0 amide bonds. The molecule has 0 atom stereocenters. The summed E-state index contributed by atoms with van der Waals surface area (Å²) in [5, 5.41) is 0.585. The van der Waals surface area contributed by atoms with Crippen LogP contribution >= 0.6 is 27.5 Å². The molecule has 0 aliphatic heterocycles. The Hall–Kier alpha value is -1.06. The van der Waals surface area contributed by atoms with E-state index in [2.05, 4.69) is 20.7 Å². The van der Waals surface area contributed by atoms with E-state index in [9.17, 15) is 4.39 Å². The third-order valence-electron chi connectivity index (χ3n) is 2.51. The van der Waals surface area contributed by atoms with Crippen molar-refractivity contribution in [3.05, 3.63) is 62.8 Å². The molecule has 0 saturated heterocycles. The van der Waals surface area contributed by atoms with Gasteiger partial charge in [0, 0.05) is 9.50 Å². The van der Waals surface area contributed by atoms with Crippen molar-refractivity contribution in [1.82, 2.24) is 0 Å². The molecule has 0 bridgehead atoms. The Morgan fingerprint density at radius 3 is 2.89 bits per heavy atom. The average molecular weight is 333 g/mol. The number of hydrogen-bond acceptors (Lipinski definition) is 1. The van der Waals surface area contributed by atoms with Crippen molar-refractivity contribution in [2.75, 3.05) is 7.04 Å². The number of halogens is 3. The number of rotatable bonds is 3. The van der Waals surface area contributed by atoms with Crippen LogP contribution in [0.1, 0.15) is 15.2 Å². The fourth-order valence-corrected chi connectivity index (χ4v) is 2.23. The number of ether oxygens (including phenoxy) is 1. The zero-order valence-corrected chi connectivity index (χ0v) is 11.6. The van der Waals surface area contributed by atoms with Crippen molar-refractivity contribution in [3.8, 4) is 5.75 Å². The molecule has 4 heteroatoms. The lowest BCUT2D eigenvalue weighted by Crippen LogP contribution is -1.93. The van der Waals surface area contributed by atoms with Gasteiger partial charge in [-0.2, -0.15) is 0 Å². The standard InChI is InChI=1S/C14H11BrClFO/c1-18-14-5-2-9(7-13(14)17)6-10-8-11(15)3-4-12(10)16/h2-5,7-8H,6H2,1H3/i1D3. The van der Waals surface area contributed by atoms with Gasteiger partial charge in [0.1, 0.15) is 0 Å². The van der Waals surface area contributed by atoms with Gasteiger partial charge in [0.2, 0.25) is 0 Å². The molecule has 0 fully saturated rings. The van der Waals surface area contributed by atoms with Crippen LogP contribution in [0.4, 0.5) is 4.39 Å². The van der Waals surface area contributed by atoms with E-state index in [1.807, 2.05) is 12.1 Å². The molecule has 0 saturated carbocycles. The van der Waals surface area contributed by atoms with Gasteiger partial charge in [-0.3, -0.25) is 0 Å². The zero-order valence-electron chi connectivity index (χ0n) is 12.2. The highest BCUT2D eigenvalue weighted by atomic mass is 79.9. The van der Waals surface area contributed by atoms with Crippen molar-refractivity contribution in [2.45, 2.75) is 6.42 Å². The summed E-state index contributed by atoms with van der Waals surface area (Å²) in [6.45, 7) is 0. The van der Waals surface area contributed by atoms with Crippen LogP contribution in [-0.2, 0) is 6.42 Å². The molecule has 2 aromatic rings. The number of methoxy groups -OCH3 is 1. The first kappa shape index (κ1) is 9.82. The second-order valence-electron chi connectivity index (χ2n) is 3.78. The van der Waals surface area contributed by atoms with Crippen LogP contribution in [0, 0.1) is 5.82 Å². The van der Waals surface area contributed by atoms with E-state index in [0.29, 0.717) is 17.0 Å². The van der Waals surface area contributed by atoms with Gasteiger partial charge in [-0.05, 0) is 47.9 Å². The van der Waals surface area contributed by atoms with E-state index in [-0.39, 0.29) is 5.75 Å². The Labute approximate surface area is 123 Å². The summed E-state index contributed by atoms with van der Waals surface area (Å²) in [5.41, 5.74) is 1.51. The van der Waals surface area contributed by atoms with Crippen molar-refractivity contribution < 1.29 is 13.2 Å². The second kappa shape index (κ2) is 5.72. The number of hydrogen-bond donors (Lipinski definition) is 0. The highest BCUT2D eigenvalue weighted by molar-refractivity contribution is 9.10. The predicted molar refractivity (Wildman–Crippen MR) is 74.9 cm³/mol. The van der Waals surface area contributed by atoms with E-state index in [1.165, 1.54) is 12.1 Å². The van der Waals surface area contributed by atoms with Crippen LogP contribution in [-0.4, -0.2) is 7.04 Å². The fourth-order valence-electron chi connectivity index (χ4n) is 1.64. The Morgan fingerprint density at radius 2 is 2.17 bits per heavy atom. The summed E-state index contributed by atoms with van der Waals surface area (Å²) >= 11 is 9.44. The van der Waals surface area contributed by atoms with E-state index in [0.717, 1.165) is 10.0 Å². The largest absolute Gasteiger partial charge is 0.494 e. The lowest BCUT2D eigenvalue weighted by atomic mass is 10.0. The maximum atomic E-state index is 13.8. The van der Waals surface area contributed by atoms with Crippen LogP contribution in [0.2, 0.25) is 5.02 Å². The topological polar surface area (TPSA) is 9.23 Å². The van der Waals surface area contributed by atoms with Crippen molar-refractivity contribution in [3.63, 3.8) is 0 Å². The minimum Gasteiger partial charge on any atom is -0.494 e. The Morgan fingerprint density at radius 1 is 1.33 bits per heavy atom. The van der Waals surface area contributed by atoms with Crippen molar-refractivity contribution >= 4 is 27.5 Å². The highest BCUT2D eigenvalue weighted by Gasteiger charge is 2.06. The van der Waals surface area contributed by atoms with Crippen LogP contribution in [0.3, 0.4) is 0 Å². The van der Waals surface area contributed by atoms with Gasteiger partial charge in [-0.15, -0.1) is 0 Å². The summed E-state index contributed by atoms with van der Waals surface area (Å²) in [4.78, 5) is 0. The minimum atomic E-state index is -2.67. The maximum Gasteiger partial charge on any atom is 0.165 e. The molecule has 0 unspecified atom stereocenters. The summed E-state index contributed by atoms with van der Waals surface area (Å²) in [6, 6.07) is 9.60. The summed E-state index contributed by atoms with van der Waals surface area (Å²) < 4.78 is 40.2. The maximum absolute atomic E-state index is 13.8. The highest BCUT2D eigenvalue weighted by Crippen LogP contribution is 2.25. The van der Waals surface area contributed by atoms with Crippen molar-refractivity contribution in [1.29, 1.82) is 0 Å². The lowest BCUT2D eigenvalue weighted by Gasteiger charge is -2.07. The zero-order chi connectivity index (χ0) is 15.6. The van der Waals surface area contributed by atoms with Crippen LogP contribution in [0.25, 0.3) is 0 Å². The van der Waals surface area contributed by atoms with Gasteiger partial charge in [0.15, 0.2) is 11.6 Å². The van der Waals surface area contributed by atoms with Crippen LogP contribution in [0.5, 0.6) is 5.75 Å². The van der Waals surface area contributed by atoms with Gasteiger partial charge in [0.05, 0.1) is 11.2 Å². The molecule has 0 heterocycles. The van der Waals surface area contributed by atoms with E-state index in [1.54, 1.807) is 12.1 Å². The monoisotopic (exact) mass is 331 g/mol. The third kappa shape index (κ3) is 3.03. The molecule has 0 radical (unpaired) electrons. The van der Waals surface area contributed by atoms with E-state index >= 15 is 0 Å². The normalized spacial score (nSPS) is 13.6. The summed E-state index contributed by atoms with van der Waals surface area (Å²) in [5.74, 6) is -1.01. The molecule has 0 aliphatic carbocycles. The minimum absolute atomic E-state index is 0.293. The predicted octanol–water partition coefficient (Wildman–Crippen LogP) is 4.84. The molecule has 1 nitrogen and oxygen atoms in total. The van der Waals surface area contributed by atoms with E-state index < -0.39 is 12.9 Å². The SMILES string of the molecule is [2H]C([2H])([2H])Oc1ccc(Cc2cc(Br)ccc2Cl)cc1F. The van der Waals surface area contributed by atoms with Crippen LogP contribution in [0.15, 0.2) is 40.9 Å². The first-order valence-corrected chi connectivity index (χ1v) is 6.33. The van der Waals surface area contributed by atoms with Gasteiger partial charge in [0.25, 0.3) is 0 Å². The average Bonchev–Trinajstić information content (AvgIpc) is 2.36. The summed E-state index contributed by atoms with van der Waals surface area (Å²) in [7, 11) is -2.67. The molecule has 0 aliphatic rings. The molecule has 0 N–H and O–H groups in total. The Balaban J connectivity index is 2.22. The molecule has 2 aromatic carbocycles. The van der Waals surface area contributed by atoms with Crippen molar-refractivity contribution in [2.24, 2.45) is 0 Å². The van der Waals surface area contributed by atoms with E-state index in [4.69, 9.17) is 15.7 Å². The Kier molecular flexibility index (Phi) is 3.12. The lowest BCUT2D eigenvalue weighted by molar-refractivity contribution is 0.386. The quantitative estimate of drug-likeness (QED) is 0.781. The molecule has 2 rings (SSSR count). The third-order valence-corrected chi connectivity index (χ3v) is 3.37. The molecule has 18 heavy (non-hydrogen) atoms. The molecule has 94 valence electrons. The fraction of sp³-hybridized carbons (Fsp3) is 0.143. The second-order valence-corrected chi connectivity index (χ2v) is 5.10. The molecular formula is C14H11BrClFO. The molecular weight excluding hydrogens is 319 g/mol. The van der Waals surface area contributed by atoms with Gasteiger partial charge >= 0.3 is 0 Å². The van der Waals surface area contributed by atoms with Crippen LogP contribution < -0.4 is 4.74 Å². The van der Waals surface area contributed by atoms with Gasteiger partial charge in [-0.25, -0.2) is 4.39 Å². The van der Waals surface area contributed by atoms with Gasteiger partial charge < -0.3 is 4.74 Å². The summed E-state index contributed by atoms with van der Waals surface area (Å²) in [6.07, 6.45) is 0.434. The first-order chi connectivity index (χ1) is 9.74. The van der Waals surface area contributed by atoms with Gasteiger partial charge in [-0.1, -0.05) is 33.6 Å². The number of benzene rings is 2. The molecule has 0 aromatic heterocycles. The smallest absolute Gasteiger partial charge is 0.165 e. The molecule has 0 spiro atoms. The first-order valence-electron chi connectivity index (χ1n) is 6.66. The Bertz CT molecular complexity index is 661.